The molecule has 7 heavy (non-hydrogen) atoms. The largest absolute Gasteiger partial charge is 0.655 e. The number of rotatable bonds is 1. The summed E-state index contributed by atoms with van der Waals surface area (Å²) in [7, 11) is 1.26. The van der Waals surface area contributed by atoms with Crippen LogP contribution in [0, 0.1) is 0 Å². The summed E-state index contributed by atoms with van der Waals surface area (Å²) in [5.74, 6) is 0. The summed E-state index contributed by atoms with van der Waals surface area (Å²) in [6.45, 7) is 5.18. The maximum atomic E-state index is 8.83. The van der Waals surface area contributed by atoms with Crippen LogP contribution >= 0.6 is 0 Å². The molecule has 41 valence electrons. The quantitative estimate of drug-likeness (QED) is 0.553. The van der Waals surface area contributed by atoms with Crippen LogP contribution in [0.1, 0.15) is 13.8 Å². The fourth-order valence-corrected chi connectivity index (χ4v) is 0. The van der Waals surface area contributed by atoms with Gasteiger partial charge in [0.15, 0.2) is 0 Å². The van der Waals surface area contributed by atoms with E-state index >= 15 is 0 Å². The molecule has 3 heteroatoms. The Balaban J connectivity index is -0.0000000480. The zero-order valence-electron chi connectivity index (χ0n) is 4.89. The molecule has 0 saturated carbocycles. The Bertz CT molecular complexity index is 23.7. The number of hydrogen-bond donors (Lipinski definition) is 0. The number of hydrogen-bond acceptors (Lipinski definition) is 2. The molecule has 0 heterocycles. The van der Waals surface area contributed by atoms with Crippen molar-refractivity contribution in [3.05, 3.63) is 0 Å². The van der Waals surface area contributed by atoms with Gasteiger partial charge in [0.2, 0.25) is 0 Å². The minimum atomic E-state index is 0. The van der Waals surface area contributed by atoms with Gasteiger partial charge in [-0.2, -0.15) is 0 Å². The second-order valence-corrected chi connectivity index (χ2v) is 0.287. The molecular formula is C4H9O2Y-. The molecule has 0 aromatic rings. The summed E-state index contributed by atoms with van der Waals surface area (Å²) in [4.78, 5) is 8.83. The molecule has 0 saturated heterocycles. The van der Waals surface area contributed by atoms with Gasteiger partial charge >= 0.3 is 0 Å². The van der Waals surface area contributed by atoms with E-state index in [1.165, 1.54) is 13.6 Å². The molecule has 2 nitrogen and oxygen atoms in total. The van der Waals surface area contributed by atoms with E-state index < -0.39 is 0 Å². The molecule has 0 amide bonds. The van der Waals surface area contributed by atoms with Crippen LogP contribution in [0.2, 0.25) is 0 Å². The molecule has 0 spiro atoms. The van der Waals surface area contributed by atoms with Crippen LogP contribution in [-0.2, 0) is 42.2 Å². The first kappa shape index (κ1) is 15.6. The SMILES string of the molecule is CC.CO[C-]=O.[Y]. The first-order chi connectivity index (χ1) is 2.91. The van der Waals surface area contributed by atoms with Crippen molar-refractivity contribution in [1.82, 2.24) is 0 Å². The van der Waals surface area contributed by atoms with Crippen LogP contribution in [0.3, 0.4) is 0 Å². The fourth-order valence-electron chi connectivity index (χ4n) is 0. The Labute approximate surface area is 69.5 Å². The number of carbonyl (C=O) groups excluding carboxylic acids is 1. The molecule has 1 radical (unpaired) electrons. The van der Waals surface area contributed by atoms with Crippen molar-refractivity contribution in [2.45, 2.75) is 13.8 Å². The van der Waals surface area contributed by atoms with E-state index in [1.807, 2.05) is 13.8 Å². The van der Waals surface area contributed by atoms with E-state index in [4.69, 9.17) is 4.79 Å². The molecule has 0 fully saturated rings. The van der Waals surface area contributed by atoms with Crippen LogP contribution < -0.4 is 0 Å². The van der Waals surface area contributed by atoms with Crippen molar-refractivity contribution < 1.29 is 42.2 Å². The van der Waals surface area contributed by atoms with E-state index in [-0.39, 0.29) is 32.7 Å². The summed E-state index contributed by atoms with van der Waals surface area (Å²) in [6.07, 6.45) is 0. The van der Waals surface area contributed by atoms with E-state index in [2.05, 4.69) is 4.74 Å². The van der Waals surface area contributed by atoms with Gasteiger partial charge in [0.1, 0.15) is 0 Å². The van der Waals surface area contributed by atoms with Crippen molar-refractivity contribution in [2.75, 3.05) is 7.11 Å². The second kappa shape index (κ2) is 30.8. The average Bonchev–Trinajstić information content (AvgIpc) is 1.72. The van der Waals surface area contributed by atoms with Gasteiger partial charge in [-0.1, -0.05) is 20.3 Å². The van der Waals surface area contributed by atoms with Gasteiger partial charge in [-0.05, 0) is 0 Å². The molecular weight excluding hydrogens is 169 g/mol. The third-order valence-electron chi connectivity index (χ3n) is 0.0833. The third-order valence-corrected chi connectivity index (χ3v) is 0.0833. The first-order valence-corrected chi connectivity index (χ1v) is 1.82. The Morgan fingerprint density at radius 1 is 1.43 bits per heavy atom. The third kappa shape index (κ3) is 55.5. The first-order valence-electron chi connectivity index (χ1n) is 1.82. The smallest absolute Gasteiger partial charge is 0.0362 e. The fraction of sp³-hybridized carbons (Fsp3) is 0.750. The Hall–Kier alpha value is 0.574. The van der Waals surface area contributed by atoms with Crippen molar-refractivity contribution >= 4 is 6.47 Å². The predicted octanol–water partition coefficient (Wildman–Crippen LogP) is 0.724. The number of ether oxygens (including phenoxy) is 1. The molecule has 0 atom stereocenters. The van der Waals surface area contributed by atoms with Crippen molar-refractivity contribution in [2.24, 2.45) is 0 Å². The molecule has 0 aromatic carbocycles. The average molecular weight is 178 g/mol. The van der Waals surface area contributed by atoms with Gasteiger partial charge in [0.25, 0.3) is 0 Å². The van der Waals surface area contributed by atoms with Gasteiger partial charge in [-0.15, -0.1) is 0 Å². The van der Waals surface area contributed by atoms with Gasteiger partial charge in [-0.3, -0.25) is 0 Å². The van der Waals surface area contributed by atoms with Crippen LogP contribution in [-0.4, -0.2) is 13.6 Å². The normalized spacial score (nSPS) is 3.86. The van der Waals surface area contributed by atoms with Crippen molar-refractivity contribution in [3.8, 4) is 0 Å². The minimum absolute atomic E-state index is 0. The maximum absolute atomic E-state index is 8.83. The maximum Gasteiger partial charge on any atom is 0.0362 e. The Kier molecular flexibility index (Phi) is 68.9. The predicted molar refractivity (Wildman–Crippen MR) is 24.1 cm³/mol. The van der Waals surface area contributed by atoms with Crippen LogP contribution in [0.4, 0.5) is 0 Å². The van der Waals surface area contributed by atoms with E-state index in [1.54, 1.807) is 0 Å². The standard InChI is InChI=1S/C2H3O2.C2H6.Y/c1-4-2-3;1-2;/h1H3;1-2H3;/q-1;;. The monoisotopic (exact) mass is 178 g/mol. The molecule has 0 rings (SSSR count). The Morgan fingerprint density at radius 3 is 1.57 bits per heavy atom. The molecule has 0 bridgehead atoms. The topological polar surface area (TPSA) is 26.3 Å². The molecule has 0 aliphatic rings. The number of methoxy groups -OCH3 is 1. The summed E-state index contributed by atoms with van der Waals surface area (Å²) < 4.78 is 3.74. The molecule has 0 aliphatic carbocycles. The molecule has 0 aromatic heterocycles. The zero-order chi connectivity index (χ0) is 5.41. The zero-order valence-corrected chi connectivity index (χ0v) is 7.73. The summed E-state index contributed by atoms with van der Waals surface area (Å²) in [6, 6.07) is 0. The molecule has 0 unspecified atom stereocenters. The second-order valence-electron chi connectivity index (χ2n) is 0.287. The van der Waals surface area contributed by atoms with E-state index in [0.717, 1.165) is 0 Å². The van der Waals surface area contributed by atoms with Gasteiger partial charge in [-0.25, -0.2) is 0 Å². The van der Waals surface area contributed by atoms with Gasteiger partial charge in [0.05, 0.1) is 0 Å². The van der Waals surface area contributed by atoms with E-state index in [9.17, 15) is 0 Å². The van der Waals surface area contributed by atoms with Crippen LogP contribution in [0.5, 0.6) is 0 Å². The van der Waals surface area contributed by atoms with Crippen LogP contribution in [0.25, 0.3) is 0 Å². The summed E-state index contributed by atoms with van der Waals surface area (Å²) in [5.41, 5.74) is 0. The Morgan fingerprint density at radius 2 is 1.57 bits per heavy atom. The van der Waals surface area contributed by atoms with Crippen molar-refractivity contribution in [1.29, 1.82) is 0 Å². The van der Waals surface area contributed by atoms with Crippen molar-refractivity contribution in [3.63, 3.8) is 0 Å². The molecule has 0 N–H and O–H groups in total. The van der Waals surface area contributed by atoms with Gasteiger partial charge in [0, 0.05) is 39.8 Å². The van der Waals surface area contributed by atoms with Crippen LogP contribution in [0.15, 0.2) is 0 Å². The van der Waals surface area contributed by atoms with E-state index in [0.29, 0.717) is 0 Å². The summed E-state index contributed by atoms with van der Waals surface area (Å²) >= 11 is 0. The summed E-state index contributed by atoms with van der Waals surface area (Å²) in [5, 5.41) is 0. The molecule has 0 aliphatic heterocycles. The van der Waals surface area contributed by atoms with Gasteiger partial charge < -0.3 is 9.53 Å². The minimum Gasteiger partial charge on any atom is -0.655 e.